The molecule has 2 unspecified atom stereocenters. The number of amides is 2. The van der Waals surface area contributed by atoms with Gasteiger partial charge in [-0.05, 0) is 114 Å². The van der Waals surface area contributed by atoms with Crippen LogP contribution in [-0.4, -0.2) is 62.5 Å². The van der Waals surface area contributed by atoms with Gasteiger partial charge in [0.25, 0.3) is 0 Å². The summed E-state index contributed by atoms with van der Waals surface area (Å²) in [7, 11) is 1.39. The molecule has 0 aliphatic carbocycles. The Kier molecular flexibility index (Phi) is 20.1. The molecule has 6 aromatic rings. The molecule has 0 fully saturated rings. The van der Waals surface area contributed by atoms with E-state index in [2.05, 4.69) is 10.6 Å². The number of phenolic OH excluding ortho intramolecular Hbond substituents is 2. The molecule has 352 valence electrons. The second kappa shape index (κ2) is 26.3. The third kappa shape index (κ3) is 16.2. The molecule has 6 aromatic carbocycles. The molecule has 6 rings (SSSR count). The van der Waals surface area contributed by atoms with E-state index in [-0.39, 0.29) is 36.0 Å². The molecule has 6 N–H and O–H groups in total. The van der Waals surface area contributed by atoms with Gasteiger partial charge in [0.1, 0.15) is 11.5 Å². The predicted molar refractivity (Wildman–Crippen MR) is 268 cm³/mol. The van der Waals surface area contributed by atoms with E-state index in [4.69, 9.17) is 4.74 Å². The fraction of sp³-hybridized carbons (Fsp3) is 0.107. The molecule has 0 aliphatic rings. The monoisotopic (exact) mass is 928 g/mol. The van der Waals surface area contributed by atoms with Crippen molar-refractivity contribution in [1.82, 2.24) is 0 Å². The van der Waals surface area contributed by atoms with Gasteiger partial charge in [-0.15, -0.1) is 0 Å². The Hall–Kier alpha value is -8.94. The lowest BCUT2D eigenvalue weighted by atomic mass is 9.95. The highest BCUT2D eigenvalue weighted by atomic mass is 16.5. The van der Waals surface area contributed by atoms with E-state index < -0.39 is 53.4 Å². The number of ketones is 4. The number of carbonyl (C=O) groups is 6. The first-order valence-corrected chi connectivity index (χ1v) is 21.0. The van der Waals surface area contributed by atoms with Crippen molar-refractivity contribution in [1.29, 1.82) is 0 Å². The number of carbonyl (C=O) groups excluding carboxylic acids is 6. The van der Waals surface area contributed by atoms with E-state index in [1.807, 2.05) is 31.2 Å². The Bertz CT molecular complexity index is 2710. The van der Waals surface area contributed by atoms with E-state index in [0.717, 1.165) is 23.3 Å². The zero-order chi connectivity index (χ0) is 49.0. The number of aliphatic hydroxyl groups excluding tert-OH is 1. The van der Waals surface area contributed by atoms with Gasteiger partial charge in [0.15, 0.2) is 46.5 Å². The normalized spacial score (nSPS) is 11.8. The maximum atomic E-state index is 13.0. The van der Waals surface area contributed by atoms with Crippen molar-refractivity contribution in [3.05, 3.63) is 203 Å². The van der Waals surface area contributed by atoms with Crippen LogP contribution in [0.3, 0.4) is 0 Å². The molecule has 13 heteroatoms. The number of para-hydroxylation sites is 2. The van der Waals surface area contributed by atoms with Crippen LogP contribution in [0.2, 0.25) is 0 Å². The van der Waals surface area contributed by atoms with Gasteiger partial charge >= 0.3 is 0 Å². The molecule has 69 heavy (non-hydrogen) atoms. The molecule has 0 radical (unpaired) electrons. The number of benzene rings is 6. The molecule has 0 heterocycles. The van der Waals surface area contributed by atoms with Crippen molar-refractivity contribution in [3.63, 3.8) is 0 Å². The first-order valence-electron chi connectivity index (χ1n) is 21.0. The zero-order valence-electron chi connectivity index (χ0n) is 37.0. The number of anilines is 2. The zero-order valence-corrected chi connectivity index (χ0v) is 37.0. The molecule has 13 nitrogen and oxygen atoms in total. The fourth-order valence-corrected chi connectivity index (χ4v) is 6.26. The van der Waals surface area contributed by atoms with Crippen molar-refractivity contribution in [2.24, 2.45) is 11.8 Å². The Balaban J connectivity index is 0.000000298. The number of ether oxygens (including phenoxy) is 1. The van der Waals surface area contributed by atoms with Crippen molar-refractivity contribution in [3.8, 4) is 23.0 Å². The summed E-state index contributed by atoms with van der Waals surface area (Å²) in [6.07, 6.45) is 10.6. The highest BCUT2D eigenvalue weighted by molar-refractivity contribution is 6.29. The van der Waals surface area contributed by atoms with E-state index >= 15 is 0 Å². The average molecular weight is 929 g/mol. The van der Waals surface area contributed by atoms with Crippen LogP contribution in [-0.2, 0) is 35.4 Å². The molecular weight excluding hydrogens is 877 g/mol. The van der Waals surface area contributed by atoms with Crippen LogP contribution in [0, 0.1) is 18.8 Å². The number of rotatable bonds is 18. The maximum absolute atomic E-state index is 13.0. The number of hydrogen-bond donors (Lipinski definition) is 6. The SMILES string of the molecule is C.COc1cc(/C=C/C(=O)C(C(=O)/C=C/c2ccc(O)c(CO)c2)C(=O)Nc2ccccc2)ccc1O.Cc1ccc(/C=C/C(=O)C(C(=O)/C=C/c2ccc(O)cc2)C(=O)Nc2ccccc2)cc1. The van der Waals surface area contributed by atoms with Gasteiger partial charge in [-0.3, -0.25) is 28.8 Å². The molecule has 0 saturated heterocycles. The van der Waals surface area contributed by atoms with Crippen LogP contribution >= 0.6 is 0 Å². The molecule has 0 bridgehead atoms. The molecule has 0 aliphatic heterocycles. The minimum absolute atomic E-state index is 0. The maximum Gasteiger partial charge on any atom is 0.243 e. The lowest BCUT2D eigenvalue weighted by Crippen LogP contribution is -2.34. The minimum atomic E-state index is -1.66. The summed E-state index contributed by atoms with van der Waals surface area (Å²) in [5, 5.41) is 43.4. The highest BCUT2D eigenvalue weighted by Crippen LogP contribution is 2.27. The average Bonchev–Trinajstić information content (AvgIpc) is 3.34. The largest absolute Gasteiger partial charge is 0.508 e. The first-order chi connectivity index (χ1) is 32.7. The Morgan fingerprint density at radius 2 is 0.884 bits per heavy atom. The number of phenols is 3. The van der Waals surface area contributed by atoms with Gasteiger partial charge in [-0.25, -0.2) is 0 Å². The van der Waals surface area contributed by atoms with E-state index in [1.54, 1.807) is 84.9 Å². The smallest absolute Gasteiger partial charge is 0.243 e. The van der Waals surface area contributed by atoms with E-state index in [9.17, 15) is 49.2 Å². The second-order valence-electron chi connectivity index (χ2n) is 15.0. The second-order valence-corrected chi connectivity index (χ2v) is 15.0. The summed E-state index contributed by atoms with van der Waals surface area (Å²) < 4.78 is 5.05. The number of aromatic hydroxyl groups is 3. The number of methoxy groups -OCH3 is 1. The van der Waals surface area contributed by atoms with Crippen molar-refractivity contribution < 1.29 is 53.9 Å². The standard InChI is InChI=1S/C28H25NO7.C27H23NO4.CH4/c1-36-26-16-19(8-12-23(26)32)10-14-25(34)27(28(35)29-21-5-3-2-4-6-21)24(33)13-9-18-7-11-22(31)20(15-18)17-30;1-19-7-9-20(10-8-19)13-17-24(30)26(27(32)28-22-5-3-2-4-6-22)25(31)18-14-21-11-15-23(29)16-12-21;/h2-16,27,30-32H,17H2,1H3,(H,29,35);2-18,26,29H,1H3,(H,28,32);1H4/b13-9+,14-10+;17-13+,18-14+;. The number of hydrogen-bond acceptors (Lipinski definition) is 11. The van der Waals surface area contributed by atoms with Gasteiger partial charge in [0, 0.05) is 16.9 Å². The van der Waals surface area contributed by atoms with Crippen LogP contribution in [0.15, 0.2) is 170 Å². The molecule has 0 aromatic heterocycles. The summed E-state index contributed by atoms with van der Waals surface area (Å²) in [5.41, 5.74) is 4.73. The van der Waals surface area contributed by atoms with Gasteiger partial charge in [0.2, 0.25) is 11.8 Å². The van der Waals surface area contributed by atoms with Crippen molar-refractivity contribution in [2.45, 2.75) is 21.0 Å². The number of allylic oxidation sites excluding steroid dienone is 4. The molecule has 2 atom stereocenters. The number of aryl methyl sites for hydroxylation is 1. The van der Waals surface area contributed by atoms with Gasteiger partial charge in [-0.2, -0.15) is 0 Å². The van der Waals surface area contributed by atoms with E-state index in [1.165, 1.54) is 80.0 Å². The summed E-state index contributed by atoms with van der Waals surface area (Å²) in [4.78, 5) is 77.6. The van der Waals surface area contributed by atoms with Crippen molar-refractivity contribution >= 4 is 70.6 Å². The first kappa shape index (κ1) is 52.7. The minimum Gasteiger partial charge on any atom is -0.508 e. The summed E-state index contributed by atoms with van der Waals surface area (Å²) in [6, 6.07) is 39.7. The van der Waals surface area contributed by atoms with Gasteiger partial charge < -0.3 is 35.8 Å². The van der Waals surface area contributed by atoms with Crippen LogP contribution in [0.4, 0.5) is 11.4 Å². The van der Waals surface area contributed by atoms with Crippen LogP contribution in [0.25, 0.3) is 24.3 Å². The van der Waals surface area contributed by atoms with Gasteiger partial charge in [0.05, 0.1) is 13.7 Å². The predicted octanol–water partition coefficient (Wildman–Crippen LogP) is 9.17. The van der Waals surface area contributed by atoms with Crippen LogP contribution in [0.5, 0.6) is 23.0 Å². The van der Waals surface area contributed by atoms with Crippen LogP contribution in [0.1, 0.15) is 40.8 Å². The quantitative estimate of drug-likeness (QED) is 0.0353. The lowest BCUT2D eigenvalue weighted by molar-refractivity contribution is -0.137. The third-order valence-electron chi connectivity index (χ3n) is 9.95. The van der Waals surface area contributed by atoms with Crippen LogP contribution < -0.4 is 15.4 Å². The van der Waals surface area contributed by atoms with E-state index in [0.29, 0.717) is 28.1 Å². The number of aliphatic hydroxyl groups is 1. The van der Waals surface area contributed by atoms with Gasteiger partial charge in [-0.1, -0.05) is 122 Å². The Morgan fingerprint density at radius 1 is 0.507 bits per heavy atom. The Labute approximate surface area is 400 Å². The fourth-order valence-electron chi connectivity index (χ4n) is 6.26. The molecular formula is C56H52N2O11. The lowest BCUT2D eigenvalue weighted by Gasteiger charge is -2.12. The molecule has 0 spiro atoms. The summed E-state index contributed by atoms with van der Waals surface area (Å²) in [5.74, 6) is -7.27. The Morgan fingerprint density at radius 3 is 1.30 bits per heavy atom. The molecule has 0 saturated carbocycles. The summed E-state index contributed by atoms with van der Waals surface area (Å²) in [6.45, 7) is 1.57. The number of nitrogens with one attached hydrogen (secondary N) is 2. The highest BCUT2D eigenvalue weighted by Gasteiger charge is 2.32. The topological polar surface area (TPSA) is 217 Å². The molecule has 2 amide bonds. The third-order valence-corrected chi connectivity index (χ3v) is 9.95. The van der Waals surface area contributed by atoms with Crippen molar-refractivity contribution in [2.75, 3.05) is 17.7 Å². The summed E-state index contributed by atoms with van der Waals surface area (Å²) >= 11 is 0.